The number of nitrogens with zero attached hydrogens (tertiary/aromatic N) is 2. The molecule has 8 nitrogen and oxygen atoms in total. The van der Waals surface area contributed by atoms with Crippen molar-refractivity contribution in [1.29, 1.82) is 0 Å². The minimum atomic E-state index is -1.17. The van der Waals surface area contributed by atoms with Crippen LogP contribution in [0.5, 0.6) is 0 Å². The summed E-state index contributed by atoms with van der Waals surface area (Å²) in [6, 6.07) is 8.51. The molecule has 22 heavy (non-hydrogen) atoms. The van der Waals surface area contributed by atoms with E-state index < -0.39 is 18.1 Å². The Morgan fingerprint density at radius 2 is 2.09 bits per heavy atom. The molecule has 1 aromatic carbocycles. The van der Waals surface area contributed by atoms with E-state index in [1.165, 1.54) is 7.11 Å². The van der Waals surface area contributed by atoms with Crippen LogP contribution >= 0.6 is 0 Å². The third kappa shape index (κ3) is 4.05. The van der Waals surface area contributed by atoms with E-state index in [1.807, 2.05) is 30.3 Å². The number of carboxylic acids is 1. The lowest BCUT2D eigenvalue weighted by atomic mass is 10.0. The number of carbonyl (C=O) groups excluding carboxylic acids is 1. The quantitative estimate of drug-likeness (QED) is 0.725. The fourth-order valence-corrected chi connectivity index (χ4v) is 1.97. The Hall–Kier alpha value is -2.90. The van der Waals surface area contributed by atoms with Gasteiger partial charge in [0.15, 0.2) is 0 Å². The minimum absolute atomic E-state index is 0.0170. The highest BCUT2D eigenvalue weighted by Gasteiger charge is 2.23. The number of hydrogen-bond donors (Lipinski definition) is 3. The number of hydrogen-bond acceptors (Lipinski definition) is 5. The predicted octanol–water partition coefficient (Wildman–Crippen LogP) is 0.747. The first-order valence-corrected chi connectivity index (χ1v) is 6.60. The van der Waals surface area contributed by atoms with Crippen LogP contribution in [0.15, 0.2) is 30.3 Å². The maximum Gasteiger partial charge on any atom is 0.407 e. The molecule has 0 spiro atoms. The fourth-order valence-electron chi connectivity index (χ4n) is 1.97. The molecule has 0 radical (unpaired) electrons. The highest BCUT2D eigenvalue weighted by molar-refractivity contribution is 5.80. The molecule has 2 rings (SSSR count). The van der Waals surface area contributed by atoms with Crippen LogP contribution in [0.2, 0.25) is 0 Å². The van der Waals surface area contributed by atoms with Gasteiger partial charge in [-0.2, -0.15) is 0 Å². The second-order valence-electron chi connectivity index (χ2n) is 4.63. The molecule has 3 N–H and O–H groups in total. The highest BCUT2D eigenvalue weighted by atomic mass is 16.5. The van der Waals surface area contributed by atoms with Crippen molar-refractivity contribution in [3.8, 4) is 0 Å². The Morgan fingerprint density at radius 1 is 1.36 bits per heavy atom. The zero-order valence-corrected chi connectivity index (χ0v) is 11.9. The molecule has 0 bridgehead atoms. The van der Waals surface area contributed by atoms with E-state index in [1.54, 1.807) is 0 Å². The molecule has 116 valence electrons. The summed E-state index contributed by atoms with van der Waals surface area (Å²) < 4.78 is 4.42. The summed E-state index contributed by atoms with van der Waals surface area (Å²) in [7, 11) is 1.17. The molecule has 1 atom stereocenters. The normalized spacial score (nSPS) is 11.7. The standard InChI is InChI=1S/C14H16N4O4/c1-22-14(21)15-12(13(19)20)8-11-10(16-18-17-11)7-9-5-3-2-4-6-9/h2-6,12H,7-8H2,1H3,(H,15,21)(H,19,20)(H,16,17,18). The first-order chi connectivity index (χ1) is 10.6. The zero-order valence-electron chi connectivity index (χ0n) is 11.9. The van der Waals surface area contributed by atoms with Crippen molar-refractivity contribution in [2.75, 3.05) is 7.11 Å². The molecule has 0 aliphatic rings. The van der Waals surface area contributed by atoms with Crippen LogP contribution in [0.3, 0.4) is 0 Å². The summed E-state index contributed by atoms with van der Waals surface area (Å²) >= 11 is 0. The SMILES string of the molecule is COC(=O)NC(Cc1nn[nH]c1Cc1ccccc1)C(=O)O. The van der Waals surface area contributed by atoms with Gasteiger partial charge in [-0.3, -0.25) is 5.10 Å². The molecular weight excluding hydrogens is 288 g/mol. The topological polar surface area (TPSA) is 117 Å². The van der Waals surface area contributed by atoms with Gasteiger partial charge in [0.2, 0.25) is 0 Å². The Bertz CT molecular complexity index is 641. The van der Waals surface area contributed by atoms with Crippen LogP contribution < -0.4 is 5.32 Å². The van der Waals surface area contributed by atoms with Crippen molar-refractivity contribution in [2.45, 2.75) is 18.9 Å². The number of benzene rings is 1. The Balaban J connectivity index is 2.10. The number of H-pyrrole nitrogens is 1. The van der Waals surface area contributed by atoms with Gasteiger partial charge in [-0.1, -0.05) is 35.5 Å². The summed E-state index contributed by atoms with van der Waals surface area (Å²) in [6.45, 7) is 0. The number of carbonyl (C=O) groups is 2. The van der Waals surface area contributed by atoms with Gasteiger partial charge in [-0.25, -0.2) is 9.59 Å². The van der Waals surface area contributed by atoms with Crippen molar-refractivity contribution in [3.63, 3.8) is 0 Å². The number of rotatable bonds is 6. The Labute approximate surface area is 126 Å². The molecule has 1 unspecified atom stereocenters. The van der Waals surface area contributed by atoms with Gasteiger partial charge < -0.3 is 15.2 Å². The van der Waals surface area contributed by atoms with Crippen LogP contribution in [0.4, 0.5) is 4.79 Å². The lowest BCUT2D eigenvalue weighted by molar-refractivity contribution is -0.139. The van der Waals surface area contributed by atoms with Gasteiger partial charge in [0.05, 0.1) is 18.5 Å². The first-order valence-electron chi connectivity index (χ1n) is 6.60. The van der Waals surface area contributed by atoms with Gasteiger partial charge in [-0.05, 0) is 5.56 Å². The van der Waals surface area contributed by atoms with E-state index in [4.69, 9.17) is 5.11 Å². The number of aliphatic carboxylic acids is 1. The minimum Gasteiger partial charge on any atom is -0.480 e. The largest absolute Gasteiger partial charge is 0.480 e. The number of ether oxygens (including phenoxy) is 1. The number of alkyl carbamates (subject to hydrolysis) is 1. The molecule has 2 aromatic rings. The van der Waals surface area contributed by atoms with Gasteiger partial charge >= 0.3 is 12.1 Å². The molecule has 1 heterocycles. The molecule has 0 aliphatic heterocycles. The van der Waals surface area contributed by atoms with Crippen LogP contribution in [-0.4, -0.2) is 45.7 Å². The second kappa shape index (κ2) is 7.21. The van der Waals surface area contributed by atoms with E-state index in [9.17, 15) is 9.59 Å². The third-order valence-corrected chi connectivity index (χ3v) is 3.10. The van der Waals surface area contributed by atoms with Crippen molar-refractivity contribution >= 4 is 12.1 Å². The lowest BCUT2D eigenvalue weighted by Crippen LogP contribution is -2.42. The predicted molar refractivity (Wildman–Crippen MR) is 76.3 cm³/mol. The Kier molecular flexibility index (Phi) is 5.07. The van der Waals surface area contributed by atoms with Crippen LogP contribution in [0.25, 0.3) is 0 Å². The number of carboxylic acid groups (broad SMARTS) is 1. The average Bonchev–Trinajstić information content (AvgIpc) is 2.94. The maximum atomic E-state index is 11.2. The number of aromatic nitrogens is 3. The number of methoxy groups -OCH3 is 1. The molecule has 0 saturated carbocycles. The van der Waals surface area contributed by atoms with Crippen LogP contribution in [0, 0.1) is 0 Å². The van der Waals surface area contributed by atoms with Crippen molar-refractivity contribution in [1.82, 2.24) is 20.7 Å². The number of amides is 1. The second-order valence-corrected chi connectivity index (χ2v) is 4.63. The van der Waals surface area contributed by atoms with Gasteiger partial charge in [0.1, 0.15) is 6.04 Å². The molecule has 0 saturated heterocycles. The smallest absolute Gasteiger partial charge is 0.407 e. The number of nitrogens with one attached hydrogen (secondary N) is 2. The monoisotopic (exact) mass is 304 g/mol. The van der Waals surface area contributed by atoms with E-state index >= 15 is 0 Å². The summed E-state index contributed by atoms with van der Waals surface area (Å²) in [4.78, 5) is 22.4. The van der Waals surface area contributed by atoms with Crippen LogP contribution in [-0.2, 0) is 22.4 Å². The van der Waals surface area contributed by atoms with Gasteiger partial charge in [0, 0.05) is 12.8 Å². The summed E-state index contributed by atoms with van der Waals surface area (Å²) in [5, 5.41) is 21.8. The average molecular weight is 304 g/mol. The Morgan fingerprint density at radius 3 is 2.73 bits per heavy atom. The van der Waals surface area contributed by atoms with E-state index in [2.05, 4.69) is 25.5 Å². The van der Waals surface area contributed by atoms with Crippen molar-refractivity contribution in [2.24, 2.45) is 0 Å². The molecule has 1 amide bonds. The number of aromatic amines is 1. The van der Waals surface area contributed by atoms with Crippen LogP contribution in [0.1, 0.15) is 17.0 Å². The highest BCUT2D eigenvalue weighted by Crippen LogP contribution is 2.11. The summed E-state index contributed by atoms with van der Waals surface area (Å²) in [6.07, 6.45) is -0.239. The van der Waals surface area contributed by atoms with Gasteiger partial charge in [-0.15, -0.1) is 5.10 Å². The summed E-state index contributed by atoms with van der Waals surface area (Å²) in [5.74, 6) is -1.17. The lowest BCUT2D eigenvalue weighted by Gasteiger charge is -2.12. The molecule has 0 fully saturated rings. The maximum absolute atomic E-state index is 11.2. The van der Waals surface area contributed by atoms with E-state index in [-0.39, 0.29) is 6.42 Å². The summed E-state index contributed by atoms with van der Waals surface area (Å²) in [5.41, 5.74) is 2.25. The van der Waals surface area contributed by atoms with E-state index in [0.717, 1.165) is 5.56 Å². The molecule has 1 aromatic heterocycles. The van der Waals surface area contributed by atoms with Crippen molar-refractivity contribution < 1.29 is 19.4 Å². The molecular formula is C14H16N4O4. The van der Waals surface area contributed by atoms with Gasteiger partial charge in [0.25, 0.3) is 0 Å². The molecule has 8 heteroatoms. The first kappa shape index (κ1) is 15.5. The molecule has 0 aliphatic carbocycles. The zero-order chi connectivity index (χ0) is 15.9. The third-order valence-electron chi connectivity index (χ3n) is 3.10. The van der Waals surface area contributed by atoms with Crippen molar-refractivity contribution in [3.05, 3.63) is 47.3 Å². The van der Waals surface area contributed by atoms with E-state index in [0.29, 0.717) is 17.8 Å². The fraction of sp³-hybridized carbons (Fsp3) is 0.286.